The Morgan fingerprint density at radius 3 is 2.00 bits per heavy atom. The van der Waals surface area contributed by atoms with Crippen LogP contribution in [0.3, 0.4) is 0 Å². The predicted octanol–water partition coefficient (Wildman–Crippen LogP) is 4.25. The number of hydrogen-bond acceptors (Lipinski definition) is 2. The molecule has 0 aromatic rings. The molecular formula is C16H28O4. The summed E-state index contributed by atoms with van der Waals surface area (Å²) in [5, 5.41) is 17.4. The highest BCUT2D eigenvalue weighted by Crippen LogP contribution is 2.11. The molecule has 0 fully saturated rings. The van der Waals surface area contributed by atoms with Gasteiger partial charge < -0.3 is 10.2 Å². The molecule has 20 heavy (non-hydrogen) atoms. The van der Waals surface area contributed by atoms with Crippen LogP contribution >= 0.6 is 0 Å². The third-order valence-electron chi connectivity index (χ3n) is 3.30. The van der Waals surface area contributed by atoms with E-state index in [-0.39, 0.29) is 6.42 Å². The van der Waals surface area contributed by atoms with E-state index in [1.807, 2.05) is 0 Å². The molecule has 0 saturated heterocycles. The molecular weight excluding hydrogens is 256 g/mol. The Balaban J connectivity index is 3.58. The summed E-state index contributed by atoms with van der Waals surface area (Å²) in [7, 11) is 0. The van der Waals surface area contributed by atoms with Crippen molar-refractivity contribution in [3.05, 3.63) is 12.2 Å². The Bertz CT molecular complexity index is 297. The van der Waals surface area contributed by atoms with Gasteiger partial charge in [0, 0.05) is 0 Å². The highest BCUT2D eigenvalue weighted by molar-refractivity contribution is 5.79. The minimum absolute atomic E-state index is 0.344. The van der Waals surface area contributed by atoms with E-state index < -0.39 is 17.9 Å². The van der Waals surface area contributed by atoms with Gasteiger partial charge in [-0.05, 0) is 12.8 Å². The maximum Gasteiger partial charge on any atom is 0.310 e. The molecule has 0 aromatic heterocycles. The summed E-state index contributed by atoms with van der Waals surface area (Å²) in [5.74, 6) is -3.05. The molecule has 0 aliphatic heterocycles. The first kappa shape index (κ1) is 18.7. The molecule has 0 saturated carbocycles. The van der Waals surface area contributed by atoms with Crippen molar-refractivity contribution < 1.29 is 19.8 Å². The number of aliphatic carboxylic acids is 2. The average Bonchev–Trinajstić information content (AvgIpc) is 2.39. The van der Waals surface area contributed by atoms with Crippen molar-refractivity contribution in [1.29, 1.82) is 0 Å². The van der Waals surface area contributed by atoms with Crippen LogP contribution in [0, 0.1) is 5.92 Å². The van der Waals surface area contributed by atoms with Crippen molar-refractivity contribution in [2.45, 2.75) is 71.1 Å². The van der Waals surface area contributed by atoms with Crippen molar-refractivity contribution in [3.63, 3.8) is 0 Å². The van der Waals surface area contributed by atoms with Crippen molar-refractivity contribution in [2.75, 3.05) is 0 Å². The van der Waals surface area contributed by atoms with Crippen molar-refractivity contribution >= 4 is 11.9 Å². The smallest absolute Gasteiger partial charge is 0.310 e. The number of carbonyl (C=O) groups is 2. The SMILES string of the molecule is CCCCCCCCCCC=CC(CC(=O)O)C(=O)O. The van der Waals surface area contributed by atoms with Gasteiger partial charge in [0.2, 0.25) is 0 Å². The minimum atomic E-state index is -1.07. The van der Waals surface area contributed by atoms with Crippen LogP contribution in [0.1, 0.15) is 71.1 Å². The number of carboxylic acid groups (broad SMARTS) is 2. The van der Waals surface area contributed by atoms with Crippen LogP contribution in [0.15, 0.2) is 12.2 Å². The maximum absolute atomic E-state index is 10.8. The standard InChI is InChI=1S/C16H28O4/c1-2-3-4-5-6-7-8-9-10-11-12-14(16(19)20)13-15(17)18/h11-12,14H,2-10,13H2,1H3,(H,17,18)(H,19,20). The first-order valence-electron chi connectivity index (χ1n) is 7.69. The molecule has 2 N–H and O–H groups in total. The van der Waals surface area contributed by atoms with E-state index >= 15 is 0 Å². The molecule has 1 atom stereocenters. The molecule has 0 rings (SSSR count). The monoisotopic (exact) mass is 284 g/mol. The molecule has 0 heterocycles. The zero-order valence-corrected chi connectivity index (χ0v) is 12.5. The fourth-order valence-corrected chi connectivity index (χ4v) is 2.08. The van der Waals surface area contributed by atoms with Crippen LogP contribution in [-0.2, 0) is 9.59 Å². The van der Waals surface area contributed by atoms with Crippen LogP contribution in [0.4, 0.5) is 0 Å². The van der Waals surface area contributed by atoms with E-state index in [1.165, 1.54) is 44.6 Å². The molecule has 0 radical (unpaired) electrons. The van der Waals surface area contributed by atoms with E-state index in [1.54, 1.807) is 6.08 Å². The lowest BCUT2D eigenvalue weighted by atomic mass is 10.0. The fraction of sp³-hybridized carbons (Fsp3) is 0.750. The van der Waals surface area contributed by atoms with Crippen LogP contribution in [0.5, 0.6) is 0 Å². The van der Waals surface area contributed by atoms with Gasteiger partial charge in [-0.3, -0.25) is 9.59 Å². The molecule has 0 aliphatic carbocycles. The van der Waals surface area contributed by atoms with Crippen molar-refractivity contribution in [2.24, 2.45) is 5.92 Å². The first-order valence-corrected chi connectivity index (χ1v) is 7.69. The Morgan fingerprint density at radius 2 is 1.50 bits per heavy atom. The second kappa shape index (κ2) is 12.7. The maximum atomic E-state index is 10.8. The summed E-state index contributed by atoms with van der Waals surface area (Å²) < 4.78 is 0. The van der Waals surface area contributed by atoms with Crippen LogP contribution < -0.4 is 0 Å². The third-order valence-corrected chi connectivity index (χ3v) is 3.30. The van der Waals surface area contributed by atoms with Crippen LogP contribution in [0.25, 0.3) is 0 Å². The molecule has 116 valence electrons. The van der Waals surface area contributed by atoms with Gasteiger partial charge in [0.1, 0.15) is 0 Å². The second-order valence-electron chi connectivity index (χ2n) is 5.23. The topological polar surface area (TPSA) is 74.6 Å². The number of unbranched alkanes of at least 4 members (excludes halogenated alkanes) is 8. The Hall–Kier alpha value is -1.32. The van der Waals surface area contributed by atoms with Crippen molar-refractivity contribution in [1.82, 2.24) is 0 Å². The number of carboxylic acids is 2. The highest BCUT2D eigenvalue weighted by atomic mass is 16.4. The molecule has 0 amide bonds. The lowest BCUT2D eigenvalue weighted by Gasteiger charge is -2.03. The summed E-state index contributed by atoms with van der Waals surface area (Å²) >= 11 is 0. The van der Waals surface area contributed by atoms with E-state index in [0.29, 0.717) is 0 Å². The lowest BCUT2D eigenvalue weighted by Crippen LogP contribution is -2.15. The van der Waals surface area contributed by atoms with Crippen LogP contribution in [0.2, 0.25) is 0 Å². The largest absolute Gasteiger partial charge is 0.481 e. The summed E-state index contributed by atoms with van der Waals surface area (Å²) in [5.41, 5.74) is 0. The summed E-state index contributed by atoms with van der Waals surface area (Å²) in [6.07, 6.45) is 13.7. The average molecular weight is 284 g/mol. The summed E-state index contributed by atoms with van der Waals surface area (Å²) in [4.78, 5) is 21.3. The molecule has 0 aromatic carbocycles. The highest BCUT2D eigenvalue weighted by Gasteiger charge is 2.17. The number of allylic oxidation sites excluding steroid dienone is 1. The van der Waals surface area contributed by atoms with Gasteiger partial charge >= 0.3 is 11.9 Å². The van der Waals surface area contributed by atoms with E-state index in [9.17, 15) is 9.59 Å². The number of rotatable bonds is 13. The third kappa shape index (κ3) is 11.8. The van der Waals surface area contributed by atoms with Gasteiger partial charge in [0.05, 0.1) is 12.3 Å². The second-order valence-corrected chi connectivity index (χ2v) is 5.23. The van der Waals surface area contributed by atoms with Gasteiger partial charge in [-0.2, -0.15) is 0 Å². The first-order chi connectivity index (χ1) is 9.57. The zero-order valence-electron chi connectivity index (χ0n) is 12.5. The fourth-order valence-electron chi connectivity index (χ4n) is 2.08. The van der Waals surface area contributed by atoms with Gasteiger partial charge in [-0.1, -0.05) is 64.0 Å². The van der Waals surface area contributed by atoms with E-state index in [0.717, 1.165) is 19.3 Å². The Kier molecular flexibility index (Phi) is 11.9. The zero-order chi connectivity index (χ0) is 15.2. The van der Waals surface area contributed by atoms with Gasteiger partial charge in [0.15, 0.2) is 0 Å². The van der Waals surface area contributed by atoms with Gasteiger partial charge in [-0.25, -0.2) is 0 Å². The summed E-state index contributed by atoms with van der Waals surface area (Å²) in [6.45, 7) is 2.21. The predicted molar refractivity (Wildman–Crippen MR) is 79.7 cm³/mol. The molecule has 4 nitrogen and oxygen atoms in total. The Labute approximate surface area is 121 Å². The minimum Gasteiger partial charge on any atom is -0.481 e. The molecule has 0 bridgehead atoms. The Morgan fingerprint density at radius 1 is 0.950 bits per heavy atom. The molecule has 1 unspecified atom stereocenters. The summed E-state index contributed by atoms with van der Waals surface area (Å²) in [6, 6.07) is 0. The van der Waals surface area contributed by atoms with E-state index in [2.05, 4.69) is 6.92 Å². The van der Waals surface area contributed by atoms with Crippen molar-refractivity contribution in [3.8, 4) is 0 Å². The van der Waals surface area contributed by atoms with E-state index in [4.69, 9.17) is 10.2 Å². The molecule has 4 heteroatoms. The van der Waals surface area contributed by atoms with Gasteiger partial charge in [-0.15, -0.1) is 0 Å². The quantitative estimate of drug-likeness (QED) is 0.391. The molecule has 0 aliphatic rings. The van der Waals surface area contributed by atoms with Gasteiger partial charge in [0.25, 0.3) is 0 Å². The number of hydrogen-bond donors (Lipinski definition) is 2. The van der Waals surface area contributed by atoms with Crippen LogP contribution in [-0.4, -0.2) is 22.2 Å². The lowest BCUT2D eigenvalue weighted by molar-refractivity contribution is -0.146. The normalized spacial score (nSPS) is 12.7. The molecule has 0 spiro atoms.